The Morgan fingerprint density at radius 3 is 1.70 bits per heavy atom. The number of hydrogen-bond donors (Lipinski definition) is 0. The number of fused-ring (bicyclic) bond motifs is 1. The molecule has 0 unspecified atom stereocenters. The molecule has 0 aliphatic heterocycles. The van der Waals surface area contributed by atoms with Crippen molar-refractivity contribution in [3.05, 3.63) is 72.6 Å². The van der Waals surface area contributed by atoms with Crippen molar-refractivity contribution in [2.75, 3.05) is 0 Å². The van der Waals surface area contributed by atoms with E-state index in [1.807, 2.05) is 47.1 Å². The number of nitrogens with zero attached hydrogens (tertiary/aromatic N) is 1. The molecule has 3 rings (SSSR count). The molecule has 27 heavy (non-hydrogen) atoms. The molecule has 0 radical (unpaired) electrons. The van der Waals surface area contributed by atoms with Crippen LogP contribution in [0.3, 0.4) is 0 Å². The third kappa shape index (κ3) is 7.82. The Hall–Kier alpha value is -2.35. The molecule has 2 heterocycles. The summed E-state index contributed by atoms with van der Waals surface area (Å²) in [6, 6.07) is 14.9. The van der Waals surface area contributed by atoms with Gasteiger partial charge < -0.3 is 0 Å². The third-order valence-corrected chi connectivity index (χ3v) is 3.18. The molecule has 2 aromatic heterocycles. The van der Waals surface area contributed by atoms with Crippen molar-refractivity contribution >= 4 is 13.3 Å². The molecule has 148 valence electrons. The van der Waals surface area contributed by atoms with Gasteiger partial charge in [-0.25, -0.2) is 0 Å². The van der Waals surface area contributed by atoms with Crippen LogP contribution in [-0.4, -0.2) is 0 Å². The van der Waals surface area contributed by atoms with Crippen LogP contribution in [0.2, 0.25) is 0 Å². The van der Waals surface area contributed by atoms with Crippen molar-refractivity contribution in [3.63, 3.8) is 0 Å². The fourth-order valence-corrected chi connectivity index (χ4v) is 2.12. The van der Waals surface area contributed by atoms with Crippen molar-refractivity contribution in [3.8, 4) is 11.1 Å². The predicted molar refractivity (Wildman–Crippen MR) is 83.6 cm³/mol. The summed E-state index contributed by atoms with van der Waals surface area (Å²) in [4.78, 5) is 0. The first-order valence-corrected chi connectivity index (χ1v) is 9.16. The van der Waals surface area contributed by atoms with Crippen LogP contribution in [-0.2, 0) is 6.18 Å². The van der Waals surface area contributed by atoms with E-state index in [-0.39, 0.29) is 0 Å². The number of pyridine rings is 2. The molecule has 0 spiro atoms. The van der Waals surface area contributed by atoms with Gasteiger partial charge in [0.05, 0.1) is 5.56 Å². The minimum atomic E-state index is -10.7. The van der Waals surface area contributed by atoms with Gasteiger partial charge >= 0.3 is 39.2 Å². The van der Waals surface area contributed by atoms with Gasteiger partial charge in [0.1, 0.15) is 0 Å². The van der Waals surface area contributed by atoms with Gasteiger partial charge in [-0.05, 0) is 29.8 Å². The van der Waals surface area contributed by atoms with E-state index in [2.05, 4.69) is 0 Å². The van der Waals surface area contributed by atoms with E-state index in [1.165, 1.54) is 12.1 Å². The second kappa shape index (κ2) is 6.09. The number of rotatable bonds is 1. The van der Waals surface area contributed by atoms with Crippen molar-refractivity contribution in [1.82, 2.24) is 0 Å². The molecule has 1 nitrogen and oxygen atoms in total. The van der Waals surface area contributed by atoms with Gasteiger partial charge in [-0.2, -0.15) is 17.6 Å². The van der Waals surface area contributed by atoms with E-state index in [0.717, 1.165) is 28.8 Å². The van der Waals surface area contributed by atoms with Gasteiger partial charge in [-0.3, -0.25) is 0 Å². The number of hydrogen-bond acceptors (Lipinski definition) is 0. The maximum atomic E-state index is 12.5. The topological polar surface area (TPSA) is 4.10 Å². The van der Waals surface area contributed by atoms with Crippen LogP contribution >= 0.6 is 7.81 Å². The summed E-state index contributed by atoms with van der Waals surface area (Å²) in [5.74, 6) is 0. The first kappa shape index (κ1) is 21.0. The summed E-state index contributed by atoms with van der Waals surface area (Å²) in [6.45, 7) is 0. The van der Waals surface area contributed by atoms with E-state index < -0.39 is 19.5 Å². The average molecular weight is 419 g/mol. The molecule has 0 saturated heterocycles. The van der Waals surface area contributed by atoms with Crippen LogP contribution in [0.1, 0.15) is 5.56 Å². The summed E-state index contributed by atoms with van der Waals surface area (Å²) in [5, 5.41) is 0. The molecular formula is C16H11F9NP. The van der Waals surface area contributed by atoms with Crippen LogP contribution < -0.4 is 4.40 Å². The van der Waals surface area contributed by atoms with Gasteiger partial charge in [0.15, 0.2) is 12.4 Å². The zero-order valence-electron chi connectivity index (χ0n) is 13.1. The molecule has 0 bridgehead atoms. The van der Waals surface area contributed by atoms with E-state index in [0.29, 0.717) is 0 Å². The van der Waals surface area contributed by atoms with Gasteiger partial charge in [0, 0.05) is 23.8 Å². The predicted octanol–water partition coefficient (Wildman–Crippen LogP) is 7.49. The molecule has 1 aromatic carbocycles. The number of halogens is 9. The van der Waals surface area contributed by atoms with Crippen LogP contribution in [0.15, 0.2) is 67.0 Å². The monoisotopic (exact) mass is 419 g/mol. The second-order valence-electron chi connectivity index (χ2n) is 5.48. The molecule has 3 aromatic rings. The second-order valence-corrected chi connectivity index (χ2v) is 7.40. The summed E-state index contributed by atoms with van der Waals surface area (Å²) >= 11 is 0. The Balaban J connectivity index is 0.000000321. The van der Waals surface area contributed by atoms with Crippen molar-refractivity contribution in [1.29, 1.82) is 0 Å². The quantitative estimate of drug-likeness (QED) is 0.219. The third-order valence-electron chi connectivity index (χ3n) is 3.18. The molecule has 0 fully saturated rings. The Morgan fingerprint density at radius 2 is 1.19 bits per heavy atom. The maximum absolute atomic E-state index is 12.5. The molecule has 0 amide bonds. The zero-order chi connectivity index (χ0) is 20.6. The fourth-order valence-electron chi connectivity index (χ4n) is 2.12. The van der Waals surface area contributed by atoms with Crippen molar-refractivity contribution < 1.29 is 42.8 Å². The van der Waals surface area contributed by atoms with Gasteiger partial charge in [0.25, 0.3) is 0 Å². The van der Waals surface area contributed by atoms with E-state index in [4.69, 9.17) is 0 Å². The van der Waals surface area contributed by atoms with E-state index >= 15 is 0 Å². The Bertz CT molecular complexity index is 934. The van der Waals surface area contributed by atoms with E-state index in [9.17, 15) is 38.4 Å². The Morgan fingerprint density at radius 1 is 0.667 bits per heavy atom. The standard InChI is InChI=1S/C16H11F3N.F6P/c17-16(18,19)14-7-4-12(5-8-14)13-6-9-15-3-1-2-10-20(15)11-13;1-7(2,3,4,5)6/h1-11H;/q+1;-1. The van der Waals surface area contributed by atoms with Crippen LogP contribution in [0.5, 0.6) is 0 Å². The average Bonchev–Trinajstić information content (AvgIpc) is 2.51. The molecular weight excluding hydrogens is 408 g/mol. The first-order valence-electron chi connectivity index (χ1n) is 7.13. The van der Waals surface area contributed by atoms with Crippen molar-refractivity contribution in [2.45, 2.75) is 6.18 Å². The molecule has 0 N–H and O–H groups in total. The summed E-state index contributed by atoms with van der Waals surface area (Å²) in [5.41, 5.74) is 2.04. The molecule has 0 saturated carbocycles. The number of benzene rings is 1. The normalized spacial score (nSPS) is 14.7. The Labute approximate surface area is 146 Å². The number of alkyl halides is 3. The van der Waals surface area contributed by atoms with Crippen LogP contribution in [0, 0.1) is 0 Å². The van der Waals surface area contributed by atoms with Crippen LogP contribution in [0.25, 0.3) is 16.6 Å². The minimum absolute atomic E-state index is 0.630. The number of aromatic nitrogens is 1. The molecule has 0 atom stereocenters. The molecule has 0 aliphatic carbocycles. The zero-order valence-corrected chi connectivity index (χ0v) is 14.0. The van der Waals surface area contributed by atoms with Gasteiger partial charge in [-0.15, -0.1) is 0 Å². The Kier molecular flexibility index (Phi) is 4.72. The summed E-state index contributed by atoms with van der Waals surface area (Å²) in [6.07, 6.45) is -0.489. The van der Waals surface area contributed by atoms with Crippen LogP contribution in [0.4, 0.5) is 38.4 Å². The molecule has 11 heteroatoms. The van der Waals surface area contributed by atoms with Crippen molar-refractivity contribution in [2.24, 2.45) is 0 Å². The van der Waals surface area contributed by atoms with Gasteiger partial charge in [-0.1, -0.05) is 12.1 Å². The molecule has 0 aliphatic rings. The van der Waals surface area contributed by atoms with E-state index in [1.54, 1.807) is 0 Å². The summed E-state index contributed by atoms with van der Waals surface area (Å²) in [7, 11) is -10.7. The van der Waals surface area contributed by atoms with Gasteiger partial charge in [0.2, 0.25) is 5.52 Å². The fraction of sp³-hybridized carbons (Fsp3) is 0.0625. The summed E-state index contributed by atoms with van der Waals surface area (Å²) < 4.78 is 98.7. The first-order chi connectivity index (χ1) is 12.0. The SMILES string of the molecule is FC(F)(F)c1ccc(-c2ccc3cccc[n+]3c2)cc1.F[P-](F)(F)(F)(F)F.